The molecule has 1 N–H and O–H groups in total. The molecule has 0 bridgehead atoms. The number of benzene rings is 2. The number of fused-ring (bicyclic) bond motifs is 1. The third-order valence-electron chi connectivity index (χ3n) is 5.24. The van der Waals surface area contributed by atoms with Crippen LogP contribution in [0.4, 0.5) is 0 Å². The van der Waals surface area contributed by atoms with Crippen LogP contribution in [0, 0.1) is 13.8 Å². The number of amides is 2. The molecule has 0 fully saturated rings. The highest BCUT2D eigenvalue weighted by Crippen LogP contribution is 2.33. The number of methoxy groups -OCH3 is 2. The molecule has 0 aliphatic carbocycles. The Bertz CT molecular complexity index is 908. The van der Waals surface area contributed by atoms with Gasteiger partial charge in [0.05, 0.1) is 20.8 Å². The predicted octanol–water partition coefficient (Wildman–Crippen LogP) is 2.64. The fraction of sp³-hybridized carbons (Fsp3) is 0.364. The van der Waals surface area contributed by atoms with Crippen molar-refractivity contribution in [3.8, 4) is 11.5 Å². The first-order chi connectivity index (χ1) is 13.4. The summed E-state index contributed by atoms with van der Waals surface area (Å²) in [4.78, 5) is 26.7. The van der Waals surface area contributed by atoms with Gasteiger partial charge in [-0.15, -0.1) is 0 Å². The standard InChI is InChI=1S/C22H26N2O4/c1-14-5-6-17(9-15(14)2)22(26)23-12-21(25)24-8-7-16-10-19(27-3)20(28-4)11-18(16)13-24/h5-6,9-11H,7-8,12-13H2,1-4H3,(H,23,26). The van der Waals surface area contributed by atoms with Crippen LogP contribution in [0.1, 0.15) is 32.6 Å². The number of hydrogen-bond acceptors (Lipinski definition) is 4. The summed E-state index contributed by atoms with van der Waals surface area (Å²) in [5, 5.41) is 2.73. The van der Waals surface area contributed by atoms with E-state index in [4.69, 9.17) is 9.47 Å². The van der Waals surface area contributed by atoms with E-state index in [1.54, 1.807) is 25.2 Å². The van der Waals surface area contributed by atoms with E-state index in [1.807, 2.05) is 38.1 Å². The maximum Gasteiger partial charge on any atom is 0.251 e. The number of carbonyl (C=O) groups is 2. The fourth-order valence-corrected chi connectivity index (χ4v) is 3.35. The summed E-state index contributed by atoms with van der Waals surface area (Å²) in [5.41, 5.74) is 4.94. The zero-order chi connectivity index (χ0) is 20.3. The molecule has 148 valence electrons. The topological polar surface area (TPSA) is 67.9 Å². The second-order valence-corrected chi connectivity index (χ2v) is 7.02. The third-order valence-corrected chi connectivity index (χ3v) is 5.24. The maximum absolute atomic E-state index is 12.6. The number of nitrogens with one attached hydrogen (secondary N) is 1. The van der Waals surface area contributed by atoms with E-state index in [-0.39, 0.29) is 18.4 Å². The Labute approximate surface area is 165 Å². The van der Waals surface area contributed by atoms with Crippen molar-refractivity contribution in [3.63, 3.8) is 0 Å². The van der Waals surface area contributed by atoms with Gasteiger partial charge in [0.2, 0.25) is 5.91 Å². The molecular formula is C22H26N2O4. The minimum atomic E-state index is -0.236. The zero-order valence-electron chi connectivity index (χ0n) is 16.8. The Hall–Kier alpha value is -3.02. The van der Waals surface area contributed by atoms with Crippen molar-refractivity contribution < 1.29 is 19.1 Å². The molecule has 6 nitrogen and oxygen atoms in total. The lowest BCUT2D eigenvalue weighted by molar-refractivity contribution is -0.131. The van der Waals surface area contributed by atoms with Crippen LogP contribution in [0.3, 0.4) is 0 Å². The smallest absolute Gasteiger partial charge is 0.251 e. The first-order valence-electron chi connectivity index (χ1n) is 9.30. The molecule has 0 saturated carbocycles. The van der Waals surface area contributed by atoms with Crippen molar-refractivity contribution in [1.29, 1.82) is 0 Å². The summed E-state index contributed by atoms with van der Waals surface area (Å²) < 4.78 is 10.7. The highest BCUT2D eigenvalue weighted by atomic mass is 16.5. The van der Waals surface area contributed by atoms with Crippen molar-refractivity contribution in [3.05, 3.63) is 58.1 Å². The van der Waals surface area contributed by atoms with Crippen LogP contribution in [0.2, 0.25) is 0 Å². The number of nitrogens with zero attached hydrogens (tertiary/aromatic N) is 1. The van der Waals surface area contributed by atoms with Gasteiger partial charge in [0, 0.05) is 18.7 Å². The van der Waals surface area contributed by atoms with Gasteiger partial charge in [-0.25, -0.2) is 0 Å². The Balaban J connectivity index is 1.63. The molecule has 2 aromatic carbocycles. The molecule has 2 amide bonds. The number of carbonyl (C=O) groups excluding carboxylic acids is 2. The van der Waals surface area contributed by atoms with E-state index in [2.05, 4.69) is 5.32 Å². The minimum absolute atomic E-state index is 0.0195. The SMILES string of the molecule is COc1cc2c(cc1OC)CN(C(=O)CNC(=O)c1ccc(C)c(C)c1)CC2. The molecule has 1 aliphatic rings. The van der Waals surface area contributed by atoms with E-state index in [0.717, 1.165) is 28.7 Å². The number of hydrogen-bond donors (Lipinski definition) is 1. The minimum Gasteiger partial charge on any atom is -0.493 e. The van der Waals surface area contributed by atoms with E-state index in [9.17, 15) is 9.59 Å². The van der Waals surface area contributed by atoms with E-state index >= 15 is 0 Å². The second kappa shape index (κ2) is 8.33. The molecule has 0 aromatic heterocycles. The van der Waals surface area contributed by atoms with Gasteiger partial charge in [-0.2, -0.15) is 0 Å². The normalized spacial score (nSPS) is 12.9. The summed E-state index contributed by atoms with van der Waals surface area (Å²) in [7, 11) is 3.21. The number of ether oxygens (including phenoxy) is 2. The summed E-state index contributed by atoms with van der Waals surface area (Å²) >= 11 is 0. The monoisotopic (exact) mass is 382 g/mol. The molecule has 3 rings (SSSR count). The molecule has 0 radical (unpaired) electrons. The molecule has 0 saturated heterocycles. The van der Waals surface area contributed by atoms with Crippen LogP contribution >= 0.6 is 0 Å². The molecule has 2 aromatic rings. The van der Waals surface area contributed by atoms with Crippen LogP contribution in [-0.2, 0) is 17.8 Å². The van der Waals surface area contributed by atoms with Gasteiger partial charge in [-0.3, -0.25) is 9.59 Å². The molecule has 28 heavy (non-hydrogen) atoms. The first-order valence-corrected chi connectivity index (χ1v) is 9.30. The second-order valence-electron chi connectivity index (χ2n) is 7.02. The van der Waals surface area contributed by atoms with Crippen molar-refractivity contribution in [1.82, 2.24) is 10.2 Å². The van der Waals surface area contributed by atoms with E-state index in [1.165, 1.54) is 0 Å². The van der Waals surface area contributed by atoms with Crippen LogP contribution < -0.4 is 14.8 Å². The van der Waals surface area contributed by atoms with Gasteiger partial charge < -0.3 is 19.7 Å². The quantitative estimate of drug-likeness (QED) is 0.863. The number of aryl methyl sites for hydroxylation is 2. The zero-order valence-corrected chi connectivity index (χ0v) is 16.8. The summed E-state index contributed by atoms with van der Waals surface area (Å²) in [5.74, 6) is 1.01. The van der Waals surface area contributed by atoms with Crippen molar-refractivity contribution in [2.24, 2.45) is 0 Å². The van der Waals surface area contributed by atoms with Crippen molar-refractivity contribution in [2.45, 2.75) is 26.8 Å². The van der Waals surface area contributed by atoms with Gasteiger partial charge in [0.1, 0.15) is 0 Å². The van der Waals surface area contributed by atoms with E-state index < -0.39 is 0 Å². The van der Waals surface area contributed by atoms with Gasteiger partial charge in [0.25, 0.3) is 5.91 Å². The Morgan fingerprint density at radius 3 is 2.32 bits per heavy atom. The molecule has 0 unspecified atom stereocenters. The average molecular weight is 382 g/mol. The fourth-order valence-electron chi connectivity index (χ4n) is 3.35. The highest BCUT2D eigenvalue weighted by molar-refractivity contribution is 5.96. The highest BCUT2D eigenvalue weighted by Gasteiger charge is 2.23. The molecule has 0 spiro atoms. The van der Waals surface area contributed by atoms with Gasteiger partial charge in [-0.05, 0) is 66.8 Å². The maximum atomic E-state index is 12.6. The van der Waals surface area contributed by atoms with Crippen molar-refractivity contribution >= 4 is 11.8 Å². The van der Waals surface area contributed by atoms with Crippen LogP contribution in [0.5, 0.6) is 11.5 Å². The Kier molecular flexibility index (Phi) is 5.87. The van der Waals surface area contributed by atoms with Gasteiger partial charge in [-0.1, -0.05) is 6.07 Å². The average Bonchev–Trinajstić information content (AvgIpc) is 2.72. The van der Waals surface area contributed by atoms with Gasteiger partial charge in [0.15, 0.2) is 11.5 Å². The largest absolute Gasteiger partial charge is 0.493 e. The van der Waals surface area contributed by atoms with Crippen LogP contribution in [-0.4, -0.2) is 44.0 Å². The van der Waals surface area contributed by atoms with Crippen LogP contribution in [0.25, 0.3) is 0 Å². The van der Waals surface area contributed by atoms with Crippen molar-refractivity contribution in [2.75, 3.05) is 27.3 Å². The molecule has 1 aliphatic heterocycles. The summed E-state index contributed by atoms with van der Waals surface area (Å²) in [6, 6.07) is 9.42. The molecule has 1 heterocycles. The Morgan fingerprint density at radius 1 is 1.00 bits per heavy atom. The summed E-state index contributed by atoms with van der Waals surface area (Å²) in [6.07, 6.45) is 0.743. The molecular weight excluding hydrogens is 356 g/mol. The lowest BCUT2D eigenvalue weighted by atomic mass is 9.98. The lowest BCUT2D eigenvalue weighted by Gasteiger charge is -2.29. The third kappa shape index (κ3) is 4.11. The molecule has 0 atom stereocenters. The Morgan fingerprint density at radius 2 is 1.68 bits per heavy atom. The lowest BCUT2D eigenvalue weighted by Crippen LogP contribution is -2.42. The number of rotatable bonds is 5. The summed E-state index contributed by atoms with van der Waals surface area (Å²) in [6.45, 7) is 5.05. The molecule has 6 heteroatoms. The predicted molar refractivity (Wildman–Crippen MR) is 107 cm³/mol. The van der Waals surface area contributed by atoms with E-state index in [0.29, 0.717) is 30.2 Å². The van der Waals surface area contributed by atoms with Crippen LogP contribution in [0.15, 0.2) is 30.3 Å². The van der Waals surface area contributed by atoms with Gasteiger partial charge >= 0.3 is 0 Å². The first kappa shape index (κ1) is 19.7.